The molecule has 0 saturated carbocycles. The zero-order chi connectivity index (χ0) is 18.5. The van der Waals surface area contributed by atoms with Crippen molar-refractivity contribution in [1.82, 2.24) is 4.57 Å². The van der Waals surface area contributed by atoms with E-state index in [4.69, 9.17) is 16.2 Å². The lowest BCUT2D eigenvalue weighted by atomic mass is 10.0. The molecule has 1 fully saturated rings. The molecule has 136 valence electrons. The summed E-state index contributed by atoms with van der Waals surface area (Å²) < 4.78 is 6.82. The number of nitrogen functional groups attached to an aromatic ring is 1. The monoisotopic (exact) mass is 353 g/mol. The van der Waals surface area contributed by atoms with Gasteiger partial charge in [-0.3, -0.25) is 4.79 Å². The van der Waals surface area contributed by atoms with Crippen LogP contribution in [0.2, 0.25) is 0 Å². The number of benzene rings is 1. The maximum atomic E-state index is 12.5. The predicted molar refractivity (Wildman–Crippen MR) is 105 cm³/mol. The first-order valence-electron chi connectivity index (χ1n) is 8.55. The third-order valence-electron chi connectivity index (χ3n) is 4.31. The topological polar surface area (TPSA) is 108 Å². The molecule has 2 heterocycles. The lowest BCUT2D eigenvalue weighted by Crippen LogP contribution is -2.22. The molecule has 2 aromatic rings. The number of hydrogen-bond acceptors (Lipinski definition) is 4. The minimum atomic E-state index is -0.121. The van der Waals surface area contributed by atoms with Gasteiger partial charge in [-0.05, 0) is 25.0 Å². The molecule has 26 heavy (non-hydrogen) atoms. The summed E-state index contributed by atoms with van der Waals surface area (Å²) in [5, 5.41) is 0. The number of pyridine rings is 1. The second-order valence-electron chi connectivity index (χ2n) is 6.28. The Hall–Kier alpha value is -2.93. The van der Waals surface area contributed by atoms with Gasteiger partial charge in [-0.1, -0.05) is 18.2 Å². The van der Waals surface area contributed by atoms with E-state index in [1.807, 2.05) is 18.2 Å². The van der Waals surface area contributed by atoms with Gasteiger partial charge in [-0.15, -0.1) is 0 Å². The Morgan fingerprint density at radius 2 is 2.00 bits per heavy atom. The molecule has 0 atom stereocenters. The van der Waals surface area contributed by atoms with Gasteiger partial charge < -0.3 is 20.8 Å². The predicted octanol–water partition coefficient (Wildman–Crippen LogP) is 1.55. The first-order chi connectivity index (χ1) is 12.5. The lowest BCUT2D eigenvalue weighted by Gasteiger charge is -2.18. The van der Waals surface area contributed by atoms with Gasteiger partial charge in [-0.2, -0.15) is 0 Å². The Morgan fingerprint density at radius 1 is 1.27 bits per heavy atom. The first-order valence-corrected chi connectivity index (χ1v) is 8.55. The van der Waals surface area contributed by atoms with Gasteiger partial charge in [0.15, 0.2) is 0 Å². The highest BCUT2D eigenvalue weighted by Gasteiger charge is 2.12. The first kappa shape index (κ1) is 17.9. The summed E-state index contributed by atoms with van der Waals surface area (Å²) in [6, 6.07) is 9.20. The van der Waals surface area contributed by atoms with Crippen molar-refractivity contribution in [3.63, 3.8) is 0 Å². The van der Waals surface area contributed by atoms with Crippen LogP contribution < -0.4 is 17.0 Å². The van der Waals surface area contributed by atoms with Gasteiger partial charge >= 0.3 is 0 Å². The summed E-state index contributed by atoms with van der Waals surface area (Å²) in [6.45, 7) is 1.40. The van der Waals surface area contributed by atoms with Crippen molar-refractivity contribution in [1.29, 1.82) is 0 Å². The molecule has 1 aliphatic heterocycles. The van der Waals surface area contributed by atoms with Crippen LogP contribution in [0.4, 0.5) is 5.69 Å². The molecule has 7 nitrogen and oxygen atoms in total. The fraction of sp³-hybridized carbons (Fsp3) is 0.316. The van der Waals surface area contributed by atoms with Crippen molar-refractivity contribution in [2.75, 3.05) is 18.9 Å². The summed E-state index contributed by atoms with van der Waals surface area (Å²) in [7, 11) is 1.70. The number of rotatable bonds is 3. The molecular formula is C19H23N5O2. The minimum absolute atomic E-state index is 0.121. The van der Waals surface area contributed by atoms with Gasteiger partial charge in [-0.25, -0.2) is 9.98 Å². The Labute approximate surface area is 152 Å². The van der Waals surface area contributed by atoms with Gasteiger partial charge in [0.05, 0.1) is 6.04 Å². The van der Waals surface area contributed by atoms with Crippen molar-refractivity contribution in [3.8, 4) is 11.1 Å². The molecule has 3 rings (SSSR count). The normalized spacial score (nSPS) is 16.3. The number of aryl methyl sites for hydroxylation is 1. The Balaban J connectivity index is 1.88. The van der Waals surface area contributed by atoms with Crippen molar-refractivity contribution < 1.29 is 4.74 Å². The smallest absolute Gasteiger partial charge is 0.258 e. The fourth-order valence-electron chi connectivity index (χ4n) is 2.92. The van der Waals surface area contributed by atoms with E-state index in [2.05, 4.69) is 9.98 Å². The van der Waals surface area contributed by atoms with E-state index in [9.17, 15) is 4.79 Å². The molecule has 0 radical (unpaired) electrons. The highest BCUT2D eigenvalue weighted by Crippen LogP contribution is 2.22. The van der Waals surface area contributed by atoms with Gasteiger partial charge in [0.25, 0.3) is 5.56 Å². The maximum Gasteiger partial charge on any atom is 0.258 e. The zero-order valence-corrected chi connectivity index (χ0v) is 14.8. The van der Waals surface area contributed by atoms with Crippen LogP contribution >= 0.6 is 0 Å². The van der Waals surface area contributed by atoms with E-state index in [1.165, 1.54) is 4.57 Å². The van der Waals surface area contributed by atoms with Crippen LogP contribution in [-0.4, -0.2) is 36.0 Å². The standard InChI is InChI=1S/C19H23N5O2/c1-24-12-13(11-22-19(21)23-14-6-8-26-9-7-14)10-16(18(24)25)15-4-2-3-5-17(15)20/h2-5,10-12,14H,6-9,20H2,1H3,(H2,21,23)/b22-11-. The third kappa shape index (κ3) is 4.18. The number of guanidine groups is 1. The molecule has 7 heteroatoms. The van der Waals surface area contributed by atoms with Crippen LogP contribution in [0.3, 0.4) is 0 Å². The minimum Gasteiger partial charge on any atom is -0.398 e. The van der Waals surface area contributed by atoms with E-state index in [0.29, 0.717) is 30.0 Å². The van der Waals surface area contributed by atoms with Crippen LogP contribution in [-0.2, 0) is 11.8 Å². The average Bonchev–Trinajstić information content (AvgIpc) is 2.64. The lowest BCUT2D eigenvalue weighted by molar-refractivity contribution is 0.0871. The molecule has 0 bridgehead atoms. The molecule has 4 N–H and O–H groups in total. The van der Waals surface area contributed by atoms with Crippen molar-refractivity contribution >= 4 is 17.9 Å². The van der Waals surface area contributed by atoms with Gasteiger partial charge in [0, 0.05) is 55.1 Å². The molecular weight excluding hydrogens is 330 g/mol. The summed E-state index contributed by atoms with van der Waals surface area (Å²) >= 11 is 0. The number of anilines is 1. The van der Waals surface area contributed by atoms with E-state index in [0.717, 1.165) is 18.4 Å². The highest BCUT2D eigenvalue weighted by atomic mass is 16.5. The molecule has 1 aromatic heterocycles. The van der Waals surface area contributed by atoms with Crippen molar-refractivity contribution in [2.45, 2.75) is 18.9 Å². The number of aliphatic imine (C=N–C) groups is 2. The Morgan fingerprint density at radius 3 is 2.73 bits per heavy atom. The number of hydrogen-bond donors (Lipinski definition) is 2. The zero-order valence-electron chi connectivity index (χ0n) is 14.8. The van der Waals surface area contributed by atoms with E-state index in [-0.39, 0.29) is 17.6 Å². The highest BCUT2D eigenvalue weighted by molar-refractivity contribution is 5.93. The van der Waals surface area contributed by atoms with Crippen molar-refractivity contribution in [3.05, 3.63) is 52.4 Å². The van der Waals surface area contributed by atoms with Crippen LogP contribution in [0.5, 0.6) is 0 Å². The molecule has 0 aliphatic carbocycles. The van der Waals surface area contributed by atoms with Crippen LogP contribution in [0.1, 0.15) is 18.4 Å². The van der Waals surface area contributed by atoms with E-state index in [1.54, 1.807) is 31.6 Å². The average molecular weight is 353 g/mol. The third-order valence-corrected chi connectivity index (χ3v) is 4.31. The summed E-state index contributed by atoms with van der Waals surface area (Å²) in [6.07, 6.45) is 5.03. The Bertz CT molecular complexity index is 895. The summed E-state index contributed by atoms with van der Waals surface area (Å²) in [5.74, 6) is 0.228. The second-order valence-corrected chi connectivity index (χ2v) is 6.28. The van der Waals surface area contributed by atoms with Gasteiger partial charge in [0.2, 0.25) is 5.96 Å². The number of nitrogens with two attached hydrogens (primary N) is 2. The van der Waals surface area contributed by atoms with E-state index >= 15 is 0 Å². The molecule has 0 unspecified atom stereocenters. The molecule has 1 aromatic carbocycles. The molecule has 1 saturated heterocycles. The Kier molecular flexibility index (Phi) is 5.48. The van der Waals surface area contributed by atoms with Crippen LogP contribution in [0.15, 0.2) is 51.3 Å². The van der Waals surface area contributed by atoms with Gasteiger partial charge in [0.1, 0.15) is 0 Å². The quantitative estimate of drug-likeness (QED) is 0.496. The van der Waals surface area contributed by atoms with Crippen LogP contribution in [0, 0.1) is 0 Å². The number of ether oxygens (including phenoxy) is 1. The maximum absolute atomic E-state index is 12.5. The SMILES string of the molecule is Cn1cc(/C=N\C(N)=NC2CCOCC2)cc(-c2ccccc2N)c1=O. The molecule has 1 aliphatic rings. The number of para-hydroxylation sites is 1. The molecule has 0 amide bonds. The largest absolute Gasteiger partial charge is 0.398 e. The van der Waals surface area contributed by atoms with Crippen molar-refractivity contribution in [2.24, 2.45) is 22.8 Å². The van der Waals surface area contributed by atoms with E-state index < -0.39 is 0 Å². The summed E-state index contributed by atoms with van der Waals surface area (Å²) in [5.41, 5.74) is 14.3. The van der Waals surface area contributed by atoms with Crippen LogP contribution in [0.25, 0.3) is 11.1 Å². The fourth-order valence-corrected chi connectivity index (χ4v) is 2.92. The molecule has 0 spiro atoms. The number of nitrogens with zero attached hydrogens (tertiary/aromatic N) is 3. The number of aromatic nitrogens is 1. The second kappa shape index (κ2) is 7.97. The summed E-state index contributed by atoms with van der Waals surface area (Å²) in [4.78, 5) is 21.1.